The number of likely N-dealkylation sites (tertiary alicyclic amines) is 2. The molecule has 0 radical (unpaired) electrons. The van der Waals surface area contributed by atoms with Crippen LogP contribution in [-0.4, -0.2) is 52.4 Å². The summed E-state index contributed by atoms with van der Waals surface area (Å²) < 4.78 is 5.25. The van der Waals surface area contributed by atoms with Gasteiger partial charge in [-0.15, -0.1) is 0 Å². The second-order valence-corrected chi connectivity index (χ2v) is 6.60. The highest BCUT2D eigenvalue weighted by molar-refractivity contribution is 5.92. The van der Waals surface area contributed by atoms with Crippen molar-refractivity contribution in [2.24, 2.45) is 0 Å². The predicted molar refractivity (Wildman–Crippen MR) is 85.0 cm³/mol. The summed E-state index contributed by atoms with van der Waals surface area (Å²) in [4.78, 5) is 28.7. The van der Waals surface area contributed by atoms with Crippen molar-refractivity contribution in [1.82, 2.24) is 15.0 Å². The first-order valence-corrected chi connectivity index (χ1v) is 8.64. The molecule has 1 aromatic heterocycles. The molecule has 0 aromatic carbocycles. The summed E-state index contributed by atoms with van der Waals surface area (Å²) in [6, 6.07) is 1.99. The molecule has 0 bridgehead atoms. The van der Waals surface area contributed by atoms with Crippen LogP contribution in [0.15, 0.2) is 10.6 Å². The molecule has 2 amide bonds. The zero-order valence-electron chi connectivity index (χ0n) is 14.0. The van der Waals surface area contributed by atoms with Gasteiger partial charge in [0.25, 0.3) is 5.91 Å². The molecule has 0 aliphatic carbocycles. The van der Waals surface area contributed by atoms with Crippen molar-refractivity contribution in [3.63, 3.8) is 0 Å². The normalized spacial score (nSPS) is 25.2. The average Bonchev–Trinajstić information content (AvgIpc) is 2.96. The van der Waals surface area contributed by atoms with Gasteiger partial charge < -0.3 is 14.3 Å². The average molecular weight is 319 g/mol. The van der Waals surface area contributed by atoms with E-state index >= 15 is 0 Å². The summed E-state index contributed by atoms with van der Waals surface area (Å²) in [6.07, 6.45) is 5.95. The van der Waals surface area contributed by atoms with Gasteiger partial charge in [0, 0.05) is 32.5 Å². The molecule has 2 atom stereocenters. The van der Waals surface area contributed by atoms with Crippen molar-refractivity contribution in [3.8, 4) is 0 Å². The van der Waals surface area contributed by atoms with E-state index in [1.165, 1.54) is 0 Å². The van der Waals surface area contributed by atoms with Crippen LogP contribution in [0.5, 0.6) is 0 Å². The Morgan fingerprint density at radius 2 is 2.13 bits per heavy atom. The van der Waals surface area contributed by atoms with Crippen LogP contribution in [-0.2, 0) is 11.2 Å². The Morgan fingerprint density at radius 1 is 1.35 bits per heavy atom. The lowest BCUT2D eigenvalue weighted by Gasteiger charge is -2.43. The fourth-order valence-corrected chi connectivity index (χ4v) is 3.84. The smallest absolute Gasteiger partial charge is 0.276 e. The highest BCUT2D eigenvalue weighted by Crippen LogP contribution is 2.30. The van der Waals surface area contributed by atoms with Crippen LogP contribution in [0.1, 0.15) is 61.7 Å². The summed E-state index contributed by atoms with van der Waals surface area (Å²) >= 11 is 0. The number of aromatic nitrogens is 1. The first-order chi connectivity index (χ1) is 11.1. The van der Waals surface area contributed by atoms with Crippen molar-refractivity contribution in [3.05, 3.63) is 17.5 Å². The fraction of sp³-hybridized carbons (Fsp3) is 0.706. The maximum atomic E-state index is 12.9. The quantitative estimate of drug-likeness (QED) is 0.857. The van der Waals surface area contributed by atoms with Crippen molar-refractivity contribution in [1.29, 1.82) is 0 Å². The first-order valence-electron chi connectivity index (χ1n) is 8.64. The summed E-state index contributed by atoms with van der Waals surface area (Å²) in [5.41, 5.74) is 0.396. The highest BCUT2D eigenvalue weighted by atomic mass is 16.5. The van der Waals surface area contributed by atoms with E-state index in [0.29, 0.717) is 12.1 Å². The van der Waals surface area contributed by atoms with Crippen LogP contribution < -0.4 is 0 Å². The van der Waals surface area contributed by atoms with Gasteiger partial charge >= 0.3 is 0 Å². The SMILES string of the molecule is CCCc1cc(C(=O)N2CCC[C@@H]3[C@H]2CCCC(=O)N3C)no1. The van der Waals surface area contributed by atoms with Gasteiger partial charge in [0.2, 0.25) is 5.91 Å². The molecule has 23 heavy (non-hydrogen) atoms. The van der Waals surface area contributed by atoms with Crippen LogP contribution in [0.25, 0.3) is 0 Å². The molecular formula is C17H25N3O3. The molecule has 2 fully saturated rings. The highest BCUT2D eigenvalue weighted by Gasteiger charge is 2.40. The van der Waals surface area contributed by atoms with E-state index in [9.17, 15) is 9.59 Å². The van der Waals surface area contributed by atoms with E-state index in [4.69, 9.17) is 4.52 Å². The van der Waals surface area contributed by atoms with Crippen LogP contribution in [0.3, 0.4) is 0 Å². The number of hydrogen-bond donors (Lipinski definition) is 0. The van der Waals surface area contributed by atoms with Gasteiger partial charge in [-0.1, -0.05) is 12.1 Å². The zero-order chi connectivity index (χ0) is 16.4. The standard InChI is InChI=1S/C17H25N3O3/c1-3-6-12-11-13(18-23-12)17(22)20-10-5-8-14-15(20)7-4-9-16(21)19(14)2/h11,14-15H,3-10H2,1-2H3/t14-,15-/m1/s1. The molecule has 1 aromatic rings. The minimum Gasteiger partial charge on any atom is -0.361 e. The molecule has 2 saturated heterocycles. The number of carbonyl (C=O) groups is 2. The molecule has 0 unspecified atom stereocenters. The number of amides is 2. The van der Waals surface area contributed by atoms with Crippen molar-refractivity contribution >= 4 is 11.8 Å². The third-order valence-corrected chi connectivity index (χ3v) is 5.06. The number of carbonyl (C=O) groups excluding carboxylic acids is 2. The third kappa shape index (κ3) is 3.12. The Balaban J connectivity index is 1.80. The molecule has 126 valence electrons. The molecule has 0 spiro atoms. The lowest BCUT2D eigenvalue weighted by atomic mass is 9.92. The van der Waals surface area contributed by atoms with E-state index in [2.05, 4.69) is 12.1 Å². The van der Waals surface area contributed by atoms with E-state index in [1.54, 1.807) is 6.07 Å². The molecule has 3 rings (SSSR count). The second-order valence-electron chi connectivity index (χ2n) is 6.60. The number of nitrogens with zero attached hydrogens (tertiary/aromatic N) is 3. The molecule has 2 aliphatic heterocycles. The van der Waals surface area contributed by atoms with Gasteiger partial charge in [-0.3, -0.25) is 9.59 Å². The maximum Gasteiger partial charge on any atom is 0.276 e. The van der Waals surface area contributed by atoms with Crippen LogP contribution in [0.4, 0.5) is 0 Å². The minimum absolute atomic E-state index is 0.0615. The van der Waals surface area contributed by atoms with Crippen molar-refractivity contribution in [2.75, 3.05) is 13.6 Å². The molecular weight excluding hydrogens is 294 g/mol. The summed E-state index contributed by atoms with van der Waals surface area (Å²) in [5, 5.41) is 3.96. The van der Waals surface area contributed by atoms with E-state index in [-0.39, 0.29) is 23.9 Å². The number of likely N-dealkylation sites (N-methyl/N-ethyl adjacent to an activating group) is 1. The van der Waals surface area contributed by atoms with Crippen molar-refractivity contribution in [2.45, 2.75) is 64.0 Å². The predicted octanol–water partition coefficient (Wildman–Crippen LogP) is 2.24. The monoisotopic (exact) mass is 319 g/mol. The van der Waals surface area contributed by atoms with Gasteiger partial charge in [-0.05, 0) is 32.1 Å². The van der Waals surface area contributed by atoms with Gasteiger partial charge in [-0.2, -0.15) is 0 Å². The molecule has 3 heterocycles. The largest absolute Gasteiger partial charge is 0.361 e. The Labute approximate surface area is 136 Å². The third-order valence-electron chi connectivity index (χ3n) is 5.06. The number of piperidine rings is 1. The Morgan fingerprint density at radius 3 is 2.91 bits per heavy atom. The van der Waals surface area contributed by atoms with Crippen molar-refractivity contribution < 1.29 is 14.1 Å². The summed E-state index contributed by atoms with van der Waals surface area (Å²) in [5.74, 6) is 0.893. The van der Waals surface area contributed by atoms with Gasteiger partial charge in [-0.25, -0.2) is 0 Å². The lowest BCUT2D eigenvalue weighted by Crippen LogP contribution is -2.56. The molecule has 6 nitrogen and oxygen atoms in total. The Bertz CT molecular complexity index is 583. The van der Waals surface area contributed by atoms with E-state index < -0.39 is 0 Å². The summed E-state index contributed by atoms with van der Waals surface area (Å²) in [6.45, 7) is 2.80. The van der Waals surface area contributed by atoms with Crippen LogP contribution in [0.2, 0.25) is 0 Å². The zero-order valence-corrected chi connectivity index (χ0v) is 14.0. The maximum absolute atomic E-state index is 12.9. The van der Waals surface area contributed by atoms with Gasteiger partial charge in [0.15, 0.2) is 5.69 Å². The van der Waals surface area contributed by atoms with Gasteiger partial charge in [0.05, 0.1) is 12.1 Å². The minimum atomic E-state index is -0.0615. The number of rotatable bonds is 3. The molecule has 0 saturated carbocycles. The molecule has 0 N–H and O–H groups in total. The second kappa shape index (κ2) is 6.72. The van der Waals surface area contributed by atoms with Crippen LogP contribution >= 0.6 is 0 Å². The lowest BCUT2D eigenvalue weighted by molar-refractivity contribution is -0.132. The number of fused-ring (bicyclic) bond motifs is 1. The van der Waals surface area contributed by atoms with E-state index in [0.717, 1.165) is 50.8 Å². The first kappa shape index (κ1) is 16.0. The number of aryl methyl sites for hydroxylation is 1. The summed E-state index contributed by atoms with van der Waals surface area (Å²) in [7, 11) is 1.87. The topological polar surface area (TPSA) is 66.7 Å². The Kier molecular flexibility index (Phi) is 4.68. The van der Waals surface area contributed by atoms with Gasteiger partial charge in [0.1, 0.15) is 5.76 Å². The number of hydrogen-bond acceptors (Lipinski definition) is 4. The van der Waals surface area contributed by atoms with E-state index in [1.807, 2.05) is 16.8 Å². The molecule has 6 heteroatoms. The Hall–Kier alpha value is -1.85. The van der Waals surface area contributed by atoms with Crippen LogP contribution in [0, 0.1) is 0 Å². The molecule has 2 aliphatic rings. The fourth-order valence-electron chi connectivity index (χ4n) is 3.84.